The van der Waals surface area contributed by atoms with E-state index in [9.17, 15) is 4.79 Å². The lowest BCUT2D eigenvalue weighted by Gasteiger charge is -2.25. The average Bonchev–Trinajstić information content (AvgIpc) is 2.39. The Labute approximate surface area is 112 Å². The van der Waals surface area contributed by atoms with Gasteiger partial charge in [0.2, 0.25) is 5.91 Å². The van der Waals surface area contributed by atoms with Crippen molar-refractivity contribution in [2.24, 2.45) is 11.8 Å². The van der Waals surface area contributed by atoms with Crippen molar-refractivity contribution in [3.8, 4) is 0 Å². The molecule has 0 aromatic heterocycles. The molecule has 3 heteroatoms. The molecule has 0 radical (unpaired) electrons. The van der Waals surface area contributed by atoms with Crippen LogP contribution in [0.4, 0.5) is 0 Å². The third-order valence-electron chi connectivity index (χ3n) is 3.63. The zero-order chi connectivity index (χ0) is 13.4. The molecular weight excluding hydrogens is 224 g/mol. The molecule has 0 aromatic rings. The topological polar surface area (TPSA) is 32.3 Å². The van der Waals surface area contributed by atoms with E-state index in [0.29, 0.717) is 0 Å². The van der Waals surface area contributed by atoms with Crippen molar-refractivity contribution < 1.29 is 4.79 Å². The van der Waals surface area contributed by atoms with Gasteiger partial charge in [0, 0.05) is 13.1 Å². The lowest BCUT2D eigenvalue weighted by molar-refractivity contribution is -0.126. The Bertz CT molecular complexity index is 251. The van der Waals surface area contributed by atoms with E-state index >= 15 is 0 Å². The maximum absolute atomic E-state index is 11.0. The molecule has 2 rings (SSSR count). The fourth-order valence-electron chi connectivity index (χ4n) is 2.67. The number of carbonyl (C=O) groups is 1. The summed E-state index contributed by atoms with van der Waals surface area (Å²) < 4.78 is 0. The van der Waals surface area contributed by atoms with Gasteiger partial charge in [0.05, 0.1) is 0 Å². The maximum atomic E-state index is 11.0. The molecule has 2 heterocycles. The molecular formula is C15H28N2O. The van der Waals surface area contributed by atoms with Gasteiger partial charge in [-0.3, -0.25) is 4.79 Å². The number of hydrogen-bond donors (Lipinski definition) is 1. The zero-order valence-electron chi connectivity index (χ0n) is 12.0. The van der Waals surface area contributed by atoms with Crippen LogP contribution in [0.2, 0.25) is 0 Å². The van der Waals surface area contributed by atoms with Gasteiger partial charge in [-0.05, 0) is 56.7 Å². The molecule has 0 aliphatic carbocycles. The molecule has 2 atom stereocenters. The van der Waals surface area contributed by atoms with Crippen molar-refractivity contribution in [2.75, 3.05) is 26.2 Å². The SMILES string of the molecule is C=CC(=O)N1CCCCC1.CC1CNCC(C)C1. The van der Waals surface area contributed by atoms with Gasteiger partial charge in [-0.15, -0.1) is 0 Å². The highest BCUT2D eigenvalue weighted by Crippen LogP contribution is 2.13. The predicted molar refractivity (Wildman–Crippen MR) is 76.4 cm³/mol. The van der Waals surface area contributed by atoms with Crippen LogP contribution in [0, 0.1) is 11.8 Å². The second-order valence-corrected chi connectivity index (χ2v) is 5.69. The van der Waals surface area contributed by atoms with E-state index in [1.54, 1.807) is 0 Å². The van der Waals surface area contributed by atoms with Gasteiger partial charge in [0.25, 0.3) is 0 Å². The zero-order valence-corrected chi connectivity index (χ0v) is 12.0. The highest BCUT2D eigenvalue weighted by atomic mass is 16.2. The van der Waals surface area contributed by atoms with E-state index in [2.05, 4.69) is 25.7 Å². The van der Waals surface area contributed by atoms with Gasteiger partial charge in [-0.1, -0.05) is 20.4 Å². The van der Waals surface area contributed by atoms with E-state index in [1.807, 2.05) is 4.90 Å². The fraction of sp³-hybridized carbons (Fsp3) is 0.800. The molecule has 1 amide bonds. The Balaban J connectivity index is 0.000000184. The number of nitrogens with one attached hydrogen (secondary N) is 1. The van der Waals surface area contributed by atoms with Crippen LogP contribution in [0.1, 0.15) is 39.5 Å². The van der Waals surface area contributed by atoms with Crippen LogP contribution >= 0.6 is 0 Å². The monoisotopic (exact) mass is 252 g/mol. The largest absolute Gasteiger partial charge is 0.339 e. The summed E-state index contributed by atoms with van der Waals surface area (Å²) >= 11 is 0. The summed E-state index contributed by atoms with van der Waals surface area (Å²) in [7, 11) is 0. The van der Waals surface area contributed by atoms with E-state index in [0.717, 1.165) is 37.8 Å². The van der Waals surface area contributed by atoms with Crippen molar-refractivity contribution in [1.29, 1.82) is 0 Å². The van der Waals surface area contributed by atoms with Crippen LogP contribution < -0.4 is 5.32 Å². The lowest BCUT2D eigenvalue weighted by atomic mass is 9.94. The summed E-state index contributed by atoms with van der Waals surface area (Å²) in [5.41, 5.74) is 0. The van der Waals surface area contributed by atoms with Gasteiger partial charge >= 0.3 is 0 Å². The number of hydrogen-bond acceptors (Lipinski definition) is 2. The van der Waals surface area contributed by atoms with Gasteiger partial charge in [-0.25, -0.2) is 0 Å². The first-order valence-electron chi connectivity index (χ1n) is 7.25. The third kappa shape index (κ3) is 5.67. The van der Waals surface area contributed by atoms with E-state index in [4.69, 9.17) is 0 Å². The molecule has 0 saturated carbocycles. The van der Waals surface area contributed by atoms with Gasteiger partial charge in [0.1, 0.15) is 0 Å². The van der Waals surface area contributed by atoms with Crippen LogP contribution in [0.5, 0.6) is 0 Å². The Hall–Kier alpha value is -0.830. The van der Waals surface area contributed by atoms with Crippen LogP contribution in [-0.2, 0) is 4.79 Å². The molecule has 0 bridgehead atoms. The van der Waals surface area contributed by atoms with Crippen molar-refractivity contribution >= 4 is 5.91 Å². The first-order chi connectivity index (χ1) is 8.63. The van der Waals surface area contributed by atoms with Gasteiger partial charge in [0.15, 0.2) is 0 Å². The molecule has 2 aliphatic heterocycles. The molecule has 104 valence electrons. The Morgan fingerprint density at radius 1 is 1.17 bits per heavy atom. The van der Waals surface area contributed by atoms with Gasteiger partial charge < -0.3 is 10.2 Å². The minimum absolute atomic E-state index is 0.0831. The summed E-state index contributed by atoms with van der Waals surface area (Å²) in [6.07, 6.45) is 6.37. The molecule has 2 fully saturated rings. The van der Waals surface area contributed by atoms with Crippen molar-refractivity contribution in [2.45, 2.75) is 39.5 Å². The summed E-state index contributed by atoms with van der Waals surface area (Å²) in [6.45, 7) is 12.4. The predicted octanol–water partition coefficient (Wildman–Crippen LogP) is 2.44. The number of rotatable bonds is 1. The summed E-state index contributed by atoms with van der Waals surface area (Å²) in [6, 6.07) is 0. The molecule has 2 saturated heterocycles. The molecule has 0 aromatic carbocycles. The highest BCUT2D eigenvalue weighted by Gasteiger charge is 2.13. The van der Waals surface area contributed by atoms with Gasteiger partial charge in [-0.2, -0.15) is 0 Å². The van der Waals surface area contributed by atoms with Crippen molar-refractivity contribution in [1.82, 2.24) is 10.2 Å². The first-order valence-corrected chi connectivity index (χ1v) is 7.25. The number of piperidine rings is 2. The van der Waals surface area contributed by atoms with E-state index in [1.165, 1.54) is 32.0 Å². The van der Waals surface area contributed by atoms with Crippen molar-refractivity contribution in [3.63, 3.8) is 0 Å². The normalized spacial score (nSPS) is 28.0. The standard InChI is InChI=1S/C8H13NO.C7H15N/c1-2-8(10)9-6-4-3-5-7-9;1-6-3-7(2)5-8-4-6/h2H,1,3-7H2;6-8H,3-5H2,1-2H3. The van der Waals surface area contributed by atoms with Crippen LogP contribution in [0.3, 0.4) is 0 Å². The maximum Gasteiger partial charge on any atom is 0.245 e. The average molecular weight is 252 g/mol. The minimum atomic E-state index is 0.0831. The Morgan fingerprint density at radius 3 is 2.11 bits per heavy atom. The molecule has 1 N–H and O–H groups in total. The number of likely N-dealkylation sites (tertiary alicyclic amines) is 1. The molecule has 18 heavy (non-hydrogen) atoms. The molecule has 2 aliphatic rings. The second-order valence-electron chi connectivity index (χ2n) is 5.69. The third-order valence-corrected chi connectivity index (χ3v) is 3.63. The number of carbonyl (C=O) groups excluding carboxylic acids is 1. The molecule has 0 spiro atoms. The highest BCUT2D eigenvalue weighted by molar-refractivity contribution is 5.86. The smallest absolute Gasteiger partial charge is 0.245 e. The summed E-state index contributed by atoms with van der Waals surface area (Å²) in [5.74, 6) is 1.89. The summed E-state index contributed by atoms with van der Waals surface area (Å²) in [4.78, 5) is 12.8. The van der Waals surface area contributed by atoms with E-state index < -0.39 is 0 Å². The second kappa shape index (κ2) is 8.30. The Morgan fingerprint density at radius 2 is 1.72 bits per heavy atom. The quantitative estimate of drug-likeness (QED) is 0.727. The van der Waals surface area contributed by atoms with Crippen LogP contribution in [0.15, 0.2) is 12.7 Å². The lowest BCUT2D eigenvalue weighted by Crippen LogP contribution is -2.34. The summed E-state index contributed by atoms with van der Waals surface area (Å²) in [5, 5.41) is 3.38. The molecule has 3 nitrogen and oxygen atoms in total. The Kier molecular flexibility index (Phi) is 7.02. The fourth-order valence-corrected chi connectivity index (χ4v) is 2.67. The number of amides is 1. The first kappa shape index (κ1) is 15.2. The minimum Gasteiger partial charge on any atom is -0.339 e. The van der Waals surface area contributed by atoms with E-state index in [-0.39, 0.29) is 5.91 Å². The van der Waals surface area contributed by atoms with Crippen molar-refractivity contribution in [3.05, 3.63) is 12.7 Å². The molecule has 2 unspecified atom stereocenters. The number of nitrogens with zero attached hydrogens (tertiary/aromatic N) is 1. The van der Waals surface area contributed by atoms with Crippen LogP contribution in [-0.4, -0.2) is 37.0 Å². The van der Waals surface area contributed by atoms with Crippen LogP contribution in [0.25, 0.3) is 0 Å².